The van der Waals surface area contributed by atoms with Crippen molar-refractivity contribution in [3.63, 3.8) is 0 Å². The first-order valence-electron chi connectivity index (χ1n) is 8.97. The Kier molecular flexibility index (Phi) is 4.17. The molecule has 2 unspecified atom stereocenters. The van der Waals surface area contributed by atoms with Gasteiger partial charge >= 0.3 is 0 Å². The van der Waals surface area contributed by atoms with Gasteiger partial charge in [0.1, 0.15) is 34.2 Å². The molecular weight excluding hydrogens is 364 g/mol. The maximum absolute atomic E-state index is 13.3. The molecule has 0 saturated heterocycles. The minimum absolute atomic E-state index is 0.0405. The van der Waals surface area contributed by atoms with E-state index >= 15 is 0 Å². The summed E-state index contributed by atoms with van der Waals surface area (Å²) in [5.41, 5.74) is -1.67. The van der Waals surface area contributed by atoms with E-state index < -0.39 is 17.1 Å². The van der Waals surface area contributed by atoms with Crippen LogP contribution in [0.2, 0.25) is 0 Å². The molecule has 1 aliphatic rings. The molecule has 7 heteroatoms. The molecule has 0 spiro atoms. The van der Waals surface area contributed by atoms with Crippen molar-refractivity contribution in [3.05, 3.63) is 73.1 Å². The van der Waals surface area contributed by atoms with Crippen LogP contribution in [0.4, 0.5) is 0 Å². The molecular formula is C21H20O7. The van der Waals surface area contributed by atoms with E-state index in [-0.39, 0.29) is 58.5 Å². The fourth-order valence-electron chi connectivity index (χ4n) is 4.14. The van der Waals surface area contributed by atoms with Crippen LogP contribution in [0.5, 0.6) is 5.75 Å². The molecule has 0 amide bonds. The smallest absolute Gasteiger partial charge is 0.199 e. The second-order valence-electron chi connectivity index (χ2n) is 7.51. The zero-order valence-corrected chi connectivity index (χ0v) is 15.5. The molecule has 1 aliphatic carbocycles. The highest BCUT2D eigenvalue weighted by molar-refractivity contribution is 5.82. The zero-order chi connectivity index (χ0) is 20.2. The molecule has 0 bridgehead atoms. The highest BCUT2D eigenvalue weighted by Crippen LogP contribution is 2.38. The summed E-state index contributed by atoms with van der Waals surface area (Å²) < 4.78 is 11.3. The van der Waals surface area contributed by atoms with Crippen LogP contribution in [0.3, 0.4) is 0 Å². The summed E-state index contributed by atoms with van der Waals surface area (Å²) in [4.78, 5) is 25.1. The SMILES string of the molecule is Cc1cc(=O)cc(CC2(O)CC(O)Cc3oc4cc(O)cc(C)c4c(=O)c32)o1. The van der Waals surface area contributed by atoms with Gasteiger partial charge in [-0.3, -0.25) is 9.59 Å². The number of benzene rings is 1. The summed E-state index contributed by atoms with van der Waals surface area (Å²) in [5, 5.41) is 31.7. The summed E-state index contributed by atoms with van der Waals surface area (Å²) in [6.07, 6.45) is -1.12. The van der Waals surface area contributed by atoms with Gasteiger partial charge in [0, 0.05) is 37.5 Å². The van der Waals surface area contributed by atoms with Gasteiger partial charge in [0.25, 0.3) is 0 Å². The Hall–Kier alpha value is -2.90. The van der Waals surface area contributed by atoms with Crippen molar-refractivity contribution < 1.29 is 24.2 Å². The summed E-state index contributed by atoms with van der Waals surface area (Å²) in [5.74, 6) is 0.731. The van der Waals surface area contributed by atoms with Gasteiger partial charge < -0.3 is 24.2 Å². The summed E-state index contributed by atoms with van der Waals surface area (Å²) in [7, 11) is 0. The van der Waals surface area contributed by atoms with Gasteiger partial charge in [0.05, 0.1) is 17.1 Å². The van der Waals surface area contributed by atoms with Crippen LogP contribution in [0.15, 0.2) is 42.7 Å². The van der Waals surface area contributed by atoms with E-state index in [0.717, 1.165) is 0 Å². The minimum atomic E-state index is -1.75. The van der Waals surface area contributed by atoms with Crippen molar-refractivity contribution in [2.75, 3.05) is 0 Å². The molecule has 2 atom stereocenters. The quantitative estimate of drug-likeness (QED) is 0.616. The lowest BCUT2D eigenvalue weighted by Crippen LogP contribution is -2.43. The molecule has 1 aromatic carbocycles. The summed E-state index contributed by atoms with van der Waals surface area (Å²) in [6.45, 7) is 3.29. The van der Waals surface area contributed by atoms with Crippen molar-refractivity contribution in [1.82, 2.24) is 0 Å². The van der Waals surface area contributed by atoms with Crippen molar-refractivity contribution in [3.8, 4) is 5.75 Å². The van der Waals surface area contributed by atoms with Crippen LogP contribution < -0.4 is 10.9 Å². The number of phenols is 1. The molecule has 0 aliphatic heterocycles. The lowest BCUT2D eigenvalue weighted by molar-refractivity contribution is -0.0344. The van der Waals surface area contributed by atoms with E-state index in [9.17, 15) is 24.9 Å². The molecule has 0 fully saturated rings. The van der Waals surface area contributed by atoms with Crippen LogP contribution in [-0.4, -0.2) is 21.4 Å². The second-order valence-corrected chi connectivity index (χ2v) is 7.51. The average Bonchev–Trinajstić information content (AvgIpc) is 2.51. The van der Waals surface area contributed by atoms with Crippen molar-refractivity contribution in [2.45, 2.75) is 44.8 Å². The molecule has 28 heavy (non-hydrogen) atoms. The van der Waals surface area contributed by atoms with Gasteiger partial charge in [-0.1, -0.05) is 0 Å². The summed E-state index contributed by atoms with van der Waals surface area (Å²) >= 11 is 0. The number of hydrogen-bond acceptors (Lipinski definition) is 7. The Morgan fingerprint density at radius 1 is 1.14 bits per heavy atom. The molecule has 3 aromatic rings. The molecule has 3 N–H and O–H groups in total. The van der Waals surface area contributed by atoms with Gasteiger partial charge in [-0.15, -0.1) is 0 Å². The van der Waals surface area contributed by atoms with Crippen molar-refractivity contribution in [2.24, 2.45) is 0 Å². The maximum Gasteiger partial charge on any atom is 0.199 e. The van der Waals surface area contributed by atoms with E-state index in [1.54, 1.807) is 13.8 Å². The Balaban J connectivity index is 1.95. The fraction of sp³-hybridized carbons (Fsp3) is 0.333. The van der Waals surface area contributed by atoms with Crippen LogP contribution >= 0.6 is 0 Å². The monoisotopic (exact) mass is 384 g/mol. The van der Waals surface area contributed by atoms with Crippen molar-refractivity contribution in [1.29, 1.82) is 0 Å². The Labute approximate surface area is 159 Å². The number of fused-ring (bicyclic) bond motifs is 2. The lowest BCUT2D eigenvalue weighted by atomic mass is 9.77. The highest BCUT2D eigenvalue weighted by atomic mass is 16.4. The van der Waals surface area contributed by atoms with E-state index in [1.165, 1.54) is 24.3 Å². The number of aromatic hydroxyl groups is 1. The first kappa shape index (κ1) is 18.5. The van der Waals surface area contributed by atoms with E-state index in [0.29, 0.717) is 11.3 Å². The largest absolute Gasteiger partial charge is 0.508 e. The molecule has 7 nitrogen and oxygen atoms in total. The first-order chi connectivity index (χ1) is 13.2. The second kappa shape index (κ2) is 6.32. The summed E-state index contributed by atoms with van der Waals surface area (Å²) in [6, 6.07) is 5.37. The van der Waals surface area contributed by atoms with Gasteiger partial charge in [-0.25, -0.2) is 0 Å². The van der Waals surface area contributed by atoms with Crippen LogP contribution in [0, 0.1) is 13.8 Å². The lowest BCUT2D eigenvalue weighted by Gasteiger charge is -2.35. The molecule has 2 aromatic heterocycles. The molecule has 0 radical (unpaired) electrons. The number of hydrogen-bond donors (Lipinski definition) is 3. The van der Waals surface area contributed by atoms with Gasteiger partial charge in [-0.05, 0) is 25.5 Å². The molecule has 2 heterocycles. The van der Waals surface area contributed by atoms with E-state index in [2.05, 4.69) is 0 Å². The van der Waals surface area contributed by atoms with Crippen LogP contribution in [0.1, 0.15) is 34.8 Å². The maximum atomic E-state index is 13.3. The fourth-order valence-corrected chi connectivity index (χ4v) is 4.14. The van der Waals surface area contributed by atoms with Crippen LogP contribution in [0.25, 0.3) is 11.0 Å². The van der Waals surface area contributed by atoms with Gasteiger partial charge in [-0.2, -0.15) is 0 Å². The average molecular weight is 384 g/mol. The Morgan fingerprint density at radius 3 is 2.61 bits per heavy atom. The normalized spacial score (nSPS) is 21.6. The first-order valence-corrected chi connectivity index (χ1v) is 8.97. The van der Waals surface area contributed by atoms with Crippen molar-refractivity contribution >= 4 is 11.0 Å². The predicted molar refractivity (Wildman–Crippen MR) is 101 cm³/mol. The number of phenolic OH excluding ortho intramolecular Hbond substituents is 1. The number of aliphatic hydroxyl groups is 2. The molecule has 4 rings (SSSR count). The third-order valence-electron chi connectivity index (χ3n) is 5.12. The Bertz CT molecular complexity index is 1200. The number of aliphatic hydroxyl groups excluding tert-OH is 1. The Morgan fingerprint density at radius 2 is 1.89 bits per heavy atom. The minimum Gasteiger partial charge on any atom is -0.508 e. The van der Waals surface area contributed by atoms with Gasteiger partial charge in [0.15, 0.2) is 10.9 Å². The highest BCUT2D eigenvalue weighted by Gasteiger charge is 2.43. The third-order valence-corrected chi connectivity index (χ3v) is 5.12. The predicted octanol–water partition coefficient (Wildman–Crippen LogP) is 1.81. The van der Waals surface area contributed by atoms with E-state index in [4.69, 9.17) is 8.83 Å². The van der Waals surface area contributed by atoms with Crippen LogP contribution in [-0.2, 0) is 18.4 Å². The topological polar surface area (TPSA) is 121 Å². The molecule has 146 valence electrons. The third kappa shape index (κ3) is 3.02. The standard InChI is InChI=1S/C21H20O7/c1-10-3-12(22)6-16-18(10)20(25)19-17(28-16)7-14(24)8-21(19,26)9-15-5-13(23)4-11(2)27-15/h3-6,14,22,24,26H,7-9H2,1-2H3. The van der Waals surface area contributed by atoms with Gasteiger partial charge in [0.2, 0.25) is 0 Å². The zero-order valence-electron chi connectivity index (χ0n) is 15.5. The number of aryl methyl sites for hydroxylation is 2. The molecule has 0 saturated carbocycles. The van der Waals surface area contributed by atoms with E-state index in [1.807, 2.05) is 0 Å². The number of rotatable bonds is 2.